The Hall–Kier alpha value is -4.83. The first-order chi connectivity index (χ1) is 45.5. The molecule has 3 atom stereocenters. The van der Waals surface area contributed by atoms with Crippen molar-refractivity contribution in [3.05, 3.63) is 154 Å². The molecule has 0 saturated carbocycles. The zero-order valence-corrected chi connectivity index (χ0v) is 67.6. The summed E-state index contributed by atoms with van der Waals surface area (Å²) in [5, 5.41) is 3.42. The Balaban J connectivity index is 0.000000157. The fourth-order valence-electron chi connectivity index (χ4n) is 12.6. The number of benzene rings is 6. The highest BCUT2D eigenvalue weighted by Crippen LogP contribution is 2.51. The van der Waals surface area contributed by atoms with Gasteiger partial charge in [0.25, 0.3) is 0 Å². The fraction of sp³-hybridized carbons (Fsp3) is 0.480. The van der Waals surface area contributed by atoms with Crippen LogP contribution in [0.2, 0.25) is 0 Å². The van der Waals surface area contributed by atoms with Gasteiger partial charge in [-0.3, -0.25) is 0 Å². The standard InChI is InChI=1S/3C25H32IN3O2S/c3*1-6-18-15-19(28-11-8-12-29(14-13-28)24(30)31-25(3,4)5)16-21-23(18)27-22-17(2)9-7-10-20(22)32(21)26/h3*7,9-10,15-16H,6,8,11-14H2,1-5H3. The van der Waals surface area contributed by atoms with Crippen LogP contribution in [0, 0.1) is 34.3 Å². The number of carbonyl (C=O) groups excluding carboxylic acids is 3. The van der Waals surface area contributed by atoms with Crippen molar-refractivity contribution in [3.8, 4) is 0 Å². The summed E-state index contributed by atoms with van der Waals surface area (Å²) >= 11 is 7.77. The molecule has 0 aliphatic carbocycles. The monoisotopic (exact) mass is 1700 g/mol. The maximum absolute atomic E-state index is 12.6. The molecule has 3 saturated heterocycles. The van der Waals surface area contributed by atoms with E-state index < -0.39 is 16.8 Å². The lowest BCUT2D eigenvalue weighted by molar-refractivity contribution is 0.0252. The van der Waals surface area contributed by atoms with Gasteiger partial charge >= 0.3 is 18.3 Å². The topological polar surface area (TPSA) is 135 Å². The van der Waals surface area contributed by atoms with Crippen LogP contribution in [-0.2, 0) is 33.5 Å². The predicted octanol–water partition coefficient (Wildman–Crippen LogP) is 18.6. The minimum atomic E-state index is -0.466. The zero-order valence-electron chi connectivity index (χ0n) is 58.7. The Morgan fingerprint density at radius 3 is 0.896 bits per heavy atom. The molecule has 0 bridgehead atoms. The second kappa shape index (κ2) is 31.4. The van der Waals surface area contributed by atoms with E-state index in [4.69, 9.17) is 29.2 Å². The number of aryl methyl sites for hydroxylation is 6. The number of rotatable bonds is 6. The number of anilines is 3. The summed E-state index contributed by atoms with van der Waals surface area (Å²) in [5.41, 5.74) is 13.4. The average Bonchev–Trinajstić information content (AvgIpc) is 0.835. The van der Waals surface area contributed by atoms with Gasteiger partial charge in [0.1, 0.15) is 16.8 Å². The molecule has 516 valence electrons. The highest BCUT2D eigenvalue weighted by Gasteiger charge is 2.30. The van der Waals surface area contributed by atoms with E-state index in [0.29, 0.717) is 19.6 Å². The summed E-state index contributed by atoms with van der Waals surface area (Å²) < 4.78 is 20.8. The maximum Gasteiger partial charge on any atom is 0.410 e. The lowest BCUT2D eigenvalue weighted by atomic mass is 10.1. The molecule has 0 radical (unpaired) electrons. The number of hydrogen-bond acceptors (Lipinski definition) is 12. The molecule has 12 rings (SSSR count). The number of ether oxygens (including phenoxy) is 3. The van der Waals surface area contributed by atoms with E-state index in [1.54, 1.807) is 0 Å². The number of fused-ring (bicyclic) bond motifs is 6. The smallest absolute Gasteiger partial charge is 0.410 e. The van der Waals surface area contributed by atoms with Crippen LogP contribution in [0.15, 0.2) is 121 Å². The maximum atomic E-state index is 12.6. The molecule has 6 aliphatic rings. The lowest BCUT2D eigenvalue weighted by Crippen LogP contribution is -2.39. The van der Waals surface area contributed by atoms with Gasteiger partial charge in [-0.05, 0) is 273 Å². The molecule has 15 nitrogen and oxygen atoms in total. The summed E-state index contributed by atoms with van der Waals surface area (Å²) in [6.07, 6.45) is 5.02. The van der Waals surface area contributed by atoms with Gasteiger partial charge < -0.3 is 43.6 Å². The van der Waals surface area contributed by atoms with Gasteiger partial charge in [0.2, 0.25) is 0 Å². The first-order valence-corrected chi connectivity index (χ1v) is 45.2. The molecule has 3 unspecified atom stereocenters. The number of para-hydroxylation sites is 3. The van der Waals surface area contributed by atoms with Gasteiger partial charge in [-0.1, -0.05) is 80.1 Å². The van der Waals surface area contributed by atoms with Gasteiger partial charge in [0.05, 0.1) is 33.1 Å². The lowest BCUT2D eigenvalue weighted by Gasteiger charge is -2.27. The Labute approximate surface area is 612 Å². The summed E-state index contributed by atoms with van der Waals surface area (Å²) in [6, 6.07) is 33.4. The molecule has 6 aromatic carbocycles. The minimum absolute atomic E-state index is 0.0420. The second-order valence-corrected chi connectivity index (χ2v) is 40.3. The highest BCUT2D eigenvalue weighted by atomic mass is 127. The molecule has 3 fully saturated rings. The van der Waals surface area contributed by atoms with Crippen LogP contribution in [0.4, 0.5) is 48.5 Å². The van der Waals surface area contributed by atoms with Crippen molar-refractivity contribution >= 4 is 139 Å². The molecule has 3 amide bonds. The third-order valence-corrected chi connectivity index (χ3v) is 30.3. The third-order valence-electron chi connectivity index (χ3n) is 17.5. The first-order valence-electron chi connectivity index (χ1n) is 33.9. The van der Waals surface area contributed by atoms with E-state index in [0.717, 1.165) is 131 Å². The van der Waals surface area contributed by atoms with E-state index >= 15 is 0 Å². The van der Waals surface area contributed by atoms with Gasteiger partial charge in [0, 0.05) is 124 Å². The second-order valence-electron chi connectivity index (χ2n) is 28.2. The van der Waals surface area contributed by atoms with Gasteiger partial charge in [-0.25, -0.2) is 29.4 Å². The molecule has 0 N–H and O–H groups in total. The van der Waals surface area contributed by atoms with Gasteiger partial charge in [0.15, 0.2) is 0 Å². The van der Waals surface area contributed by atoms with Gasteiger partial charge in [-0.2, -0.15) is 0 Å². The minimum Gasteiger partial charge on any atom is -0.444 e. The van der Waals surface area contributed by atoms with Crippen molar-refractivity contribution in [1.82, 2.24) is 14.7 Å². The summed E-state index contributed by atoms with van der Waals surface area (Å²) in [7, 11) is -0.126. The zero-order chi connectivity index (χ0) is 69.1. The number of hydrogen-bond donors (Lipinski definition) is 0. The van der Waals surface area contributed by atoms with Crippen molar-refractivity contribution in [1.29, 1.82) is 0 Å². The van der Waals surface area contributed by atoms with E-state index in [-0.39, 0.29) is 41.2 Å². The van der Waals surface area contributed by atoms with Crippen molar-refractivity contribution < 1.29 is 28.6 Å². The average molecular weight is 1700 g/mol. The van der Waals surface area contributed by atoms with E-state index in [2.05, 4.69) is 211 Å². The number of halogens is 3. The molecular formula is C75H96I3N9O6S3. The third kappa shape index (κ3) is 17.5. The van der Waals surface area contributed by atoms with Crippen molar-refractivity contribution in [2.75, 3.05) is 93.2 Å². The van der Waals surface area contributed by atoms with Crippen LogP contribution in [0.5, 0.6) is 0 Å². The Kier molecular flexibility index (Phi) is 24.1. The van der Waals surface area contributed by atoms with Crippen LogP contribution >= 0.6 is 86.6 Å². The van der Waals surface area contributed by atoms with Crippen LogP contribution in [0.1, 0.15) is 136 Å². The van der Waals surface area contributed by atoms with Crippen LogP contribution in [-0.4, -0.2) is 128 Å². The van der Waals surface area contributed by atoms with Crippen LogP contribution < -0.4 is 30.8 Å². The van der Waals surface area contributed by atoms with Crippen LogP contribution in [0.25, 0.3) is 0 Å². The number of amides is 3. The number of carbonyl (C=O) groups is 3. The first kappa shape index (κ1) is 73.9. The van der Waals surface area contributed by atoms with Crippen molar-refractivity contribution in [2.24, 2.45) is 15.0 Å². The van der Waals surface area contributed by atoms with Crippen molar-refractivity contribution in [2.45, 2.75) is 174 Å². The Morgan fingerprint density at radius 1 is 0.396 bits per heavy atom. The summed E-state index contributed by atoms with van der Waals surface area (Å²) in [5.74, 6) is 0. The van der Waals surface area contributed by atoms with E-state index in [9.17, 15) is 14.4 Å². The van der Waals surface area contributed by atoms with Crippen LogP contribution in [0.3, 0.4) is 0 Å². The number of nitrogens with zero attached hydrogens (tertiary/aromatic N) is 9. The largest absolute Gasteiger partial charge is 0.444 e. The molecule has 6 aliphatic heterocycles. The van der Waals surface area contributed by atoms with Gasteiger partial charge in [-0.15, -0.1) is 0 Å². The van der Waals surface area contributed by atoms with E-state index in [1.807, 2.05) is 77.0 Å². The molecule has 0 aromatic heterocycles. The molecule has 6 aromatic rings. The normalized spacial score (nSPS) is 18.4. The Bertz CT molecular complexity index is 3960. The molecule has 96 heavy (non-hydrogen) atoms. The van der Waals surface area contributed by atoms with Crippen molar-refractivity contribution in [3.63, 3.8) is 0 Å². The SMILES string of the molecule is CCc1cc(N2CCCN(C(=O)OC(C)(C)C)CC2)cc2c1N=c1c(C)cccc1=S2I.CCc1cc(N2CCCN(C(=O)OC(C)(C)C)CC2)cc2c1N=c1c(C)cccc1=S2I.CCc1cc(N2CCCN(C(=O)OC(C)(C)C)CC2)cc2c1N=c1c(C)cccc1=S2I. The Morgan fingerprint density at radius 2 is 0.656 bits per heavy atom. The fourth-order valence-corrected chi connectivity index (χ4v) is 23.0. The molecular weight excluding hydrogens is 1600 g/mol. The van der Waals surface area contributed by atoms with E-state index in [1.165, 1.54) is 78.7 Å². The molecule has 21 heteroatoms. The predicted molar refractivity (Wildman–Crippen MR) is 423 cm³/mol. The summed E-state index contributed by atoms with van der Waals surface area (Å²) in [4.78, 5) is 69.8. The molecule has 6 heterocycles. The molecule has 0 spiro atoms. The quantitative estimate of drug-likeness (QED) is 0.0907. The summed E-state index contributed by atoms with van der Waals surface area (Å²) in [6.45, 7) is 39.8. The highest BCUT2D eigenvalue weighted by molar-refractivity contribution is 14.2.